The van der Waals surface area contributed by atoms with Gasteiger partial charge in [-0.15, -0.1) is 0 Å². The van der Waals surface area contributed by atoms with E-state index in [1.165, 1.54) is 0 Å². The average Bonchev–Trinajstić information content (AvgIpc) is 2.63. The molecule has 0 aromatic heterocycles. The van der Waals surface area contributed by atoms with Crippen LogP contribution in [0.3, 0.4) is 0 Å². The van der Waals surface area contributed by atoms with Crippen molar-refractivity contribution in [3.63, 3.8) is 0 Å². The molecule has 0 N–H and O–H groups in total. The number of nitrogens with zero attached hydrogens (tertiary/aromatic N) is 3. The van der Waals surface area contributed by atoms with Crippen LogP contribution in [-0.2, 0) is 0 Å². The van der Waals surface area contributed by atoms with Gasteiger partial charge in [-0.25, -0.2) is 4.99 Å². The lowest BCUT2D eigenvalue weighted by molar-refractivity contribution is 0.376. The molecular weight excluding hydrogens is 346 g/mol. The van der Waals surface area contributed by atoms with Crippen molar-refractivity contribution in [2.45, 2.75) is 20.8 Å². The van der Waals surface area contributed by atoms with Crippen molar-refractivity contribution in [1.29, 1.82) is 0 Å². The standard InChI is InChI=1S/C21H26ClN3O/c1-6-25(5)14-24-20-11-16(3)18(12-19(20)22)21(23-4)13-26-17-9-7-8-15(2)10-17/h7-12,14H,6,13H2,1-5H3/b23-21+,24-14-. The predicted molar refractivity (Wildman–Crippen MR) is 112 cm³/mol. The minimum Gasteiger partial charge on any atom is -0.487 e. The Morgan fingerprint density at radius 3 is 2.65 bits per heavy atom. The minimum atomic E-state index is 0.387. The number of rotatable bonds is 7. The van der Waals surface area contributed by atoms with Crippen molar-refractivity contribution in [2.24, 2.45) is 9.98 Å². The van der Waals surface area contributed by atoms with Gasteiger partial charge in [-0.3, -0.25) is 4.99 Å². The van der Waals surface area contributed by atoms with Crippen LogP contribution in [0.1, 0.15) is 23.6 Å². The van der Waals surface area contributed by atoms with E-state index in [4.69, 9.17) is 16.3 Å². The molecule has 0 spiro atoms. The Hall–Kier alpha value is -2.33. The third-order valence-electron chi connectivity index (χ3n) is 4.13. The lowest BCUT2D eigenvalue weighted by Gasteiger charge is -2.14. The van der Waals surface area contributed by atoms with Crippen LogP contribution < -0.4 is 4.74 Å². The maximum Gasteiger partial charge on any atom is 0.130 e. The van der Waals surface area contributed by atoms with Crippen LogP contribution in [0.25, 0.3) is 0 Å². The largest absolute Gasteiger partial charge is 0.487 e. The van der Waals surface area contributed by atoms with E-state index >= 15 is 0 Å². The molecule has 0 atom stereocenters. The Morgan fingerprint density at radius 2 is 2.00 bits per heavy atom. The van der Waals surface area contributed by atoms with E-state index in [1.54, 1.807) is 13.4 Å². The summed E-state index contributed by atoms with van der Waals surface area (Å²) in [6.07, 6.45) is 1.79. The normalized spacial score (nSPS) is 11.8. The van der Waals surface area contributed by atoms with Gasteiger partial charge in [-0.1, -0.05) is 23.7 Å². The molecule has 0 heterocycles. The van der Waals surface area contributed by atoms with Gasteiger partial charge in [0.05, 0.1) is 22.8 Å². The molecule has 0 bridgehead atoms. The summed E-state index contributed by atoms with van der Waals surface area (Å²) in [5.74, 6) is 0.832. The highest BCUT2D eigenvalue weighted by atomic mass is 35.5. The van der Waals surface area contributed by atoms with E-state index in [0.717, 1.165) is 40.4 Å². The molecule has 26 heavy (non-hydrogen) atoms. The molecule has 0 unspecified atom stereocenters. The van der Waals surface area contributed by atoms with Crippen LogP contribution in [0.15, 0.2) is 46.4 Å². The highest BCUT2D eigenvalue weighted by molar-refractivity contribution is 6.33. The second kappa shape index (κ2) is 9.39. The van der Waals surface area contributed by atoms with Gasteiger partial charge in [0.1, 0.15) is 12.4 Å². The van der Waals surface area contributed by atoms with Gasteiger partial charge in [0, 0.05) is 26.2 Å². The number of aryl methyl sites for hydroxylation is 2. The summed E-state index contributed by atoms with van der Waals surface area (Å²) in [5, 5.41) is 0.600. The van der Waals surface area contributed by atoms with Gasteiger partial charge in [-0.2, -0.15) is 0 Å². The molecule has 0 fully saturated rings. The Balaban J connectivity index is 2.20. The quantitative estimate of drug-likeness (QED) is 0.503. The number of halogens is 1. The number of benzene rings is 2. The lowest BCUT2D eigenvalue weighted by Crippen LogP contribution is -2.15. The summed E-state index contributed by atoms with van der Waals surface area (Å²) in [7, 11) is 3.74. The topological polar surface area (TPSA) is 37.2 Å². The van der Waals surface area contributed by atoms with Crippen LogP contribution in [0.4, 0.5) is 5.69 Å². The monoisotopic (exact) mass is 371 g/mol. The van der Waals surface area contributed by atoms with Crippen LogP contribution in [-0.4, -0.2) is 44.2 Å². The van der Waals surface area contributed by atoms with Crippen LogP contribution in [0, 0.1) is 13.8 Å². The molecule has 0 saturated carbocycles. The van der Waals surface area contributed by atoms with E-state index in [0.29, 0.717) is 11.6 Å². The summed E-state index contributed by atoms with van der Waals surface area (Å²) >= 11 is 6.44. The van der Waals surface area contributed by atoms with Crippen molar-refractivity contribution in [3.05, 3.63) is 58.1 Å². The highest BCUT2D eigenvalue weighted by Crippen LogP contribution is 2.29. The highest BCUT2D eigenvalue weighted by Gasteiger charge is 2.11. The third kappa shape index (κ3) is 5.33. The molecule has 0 aliphatic carbocycles. The van der Waals surface area contributed by atoms with E-state index < -0.39 is 0 Å². The Labute approximate surface area is 161 Å². The number of aliphatic imine (C=N–C) groups is 2. The van der Waals surface area contributed by atoms with Crippen molar-refractivity contribution in [1.82, 2.24) is 4.90 Å². The van der Waals surface area contributed by atoms with E-state index in [2.05, 4.69) is 16.9 Å². The third-order valence-corrected chi connectivity index (χ3v) is 4.44. The molecule has 2 aromatic carbocycles. The summed E-state index contributed by atoms with van der Waals surface area (Å²) < 4.78 is 5.90. The Bertz CT molecular complexity index is 815. The summed E-state index contributed by atoms with van der Waals surface area (Å²) in [4.78, 5) is 10.9. The first-order chi connectivity index (χ1) is 12.4. The number of hydrogen-bond acceptors (Lipinski definition) is 3. The van der Waals surface area contributed by atoms with Crippen LogP contribution in [0.2, 0.25) is 5.02 Å². The minimum absolute atomic E-state index is 0.387. The van der Waals surface area contributed by atoms with Crippen LogP contribution >= 0.6 is 11.6 Å². The molecule has 0 amide bonds. The van der Waals surface area contributed by atoms with Gasteiger partial charge < -0.3 is 9.64 Å². The molecule has 4 nitrogen and oxygen atoms in total. The maximum absolute atomic E-state index is 6.44. The predicted octanol–water partition coefficient (Wildman–Crippen LogP) is 5.07. The first kappa shape index (κ1) is 20.0. The summed E-state index contributed by atoms with van der Waals surface area (Å²) in [6, 6.07) is 11.9. The molecular formula is C21H26ClN3O. The van der Waals surface area contributed by atoms with Gasteiger partial charge >= 0.3 is 0 Å². The first-order valence-electron chi connectivity index (χ1n) is 8.64. The number of ether oxygens (including phenoxy) is 1. The fraction of sp³-hybridized carbons (Fsp3) is 0.333. The van der Waals surface area contributed by atoms with E-state index in [9.17, 15) is 0 Å². The van der Waals surface area contributed by atoms with E-state index in [-0.39, 0.29) is 0 Å². The zero-order valence-electron chi connectivity index (χ0n) is 16.1. The number of hydrogen-bond donors (Lipinski definition) is 0. The van der Waals surface area contributed by atoms with Gasteiger partial charge in [-0.05, 0) is 56.2 Å². The molecule has 0 radical (unpaired) electrons. The van der Waals surface area contributed by atoms with Gasteiger partial charge in [0.25, 0.3) is 0 Å². The molecule has 2 aromatic rings. The SMILES string of the molecule is CCN(C)/C=N\c1cc(C)c(/C(COc2cccc(C)c2)=N/C)cc1Cl. The maximum atomic E-state index is 6.44. The Morgan fingerprint density at radius 1 is 1.23 bits per heavy atom. The average molecular weight is 372 g/mol. The zero-order valence-corrected chi connectivity index (χ0v) is 16.8. The van der Waals surface area contributed by atoms with E-state index in [1.807, 2.05) is 62.2 Å². The van der Waals surface area contributed by atoms with Crippen molar-refractivity contribution in [3.8, 4) is 5.75 Å². The molecule has 0 aliphatic heterocycles. The molecule has 0 saturated heterocycles. The fourth-order valence-electron chi connectivity index (χ4n) is 2.44. The zero-order chi connectivity index (χ0) is 19.1. The molecule has 0 aliphatic rings. The smallest absolute Gasteiger partial charge is 0.130 e. The van der Waals surface area contributed by atoms with Gasteiger partial charge in [0.2, 0.25) is 0 Å². The molecule has 138 valence electrons. The molecule has 5 heteroatoms. The van der Waals surface area contributed by atoms with Crippen molar-refractivity contribution >= 4 is 29.3 Å². The van der Waals surface area contributed by atoms with Crippen molar-refractivity contribution in [2.75, 3.05) is 27.2 Å². The molecule has 2 rings (SSSR count). The summed E-state index contributed by atoms with van der Waals surface area (Å²) in [5.41, 5.74) is 4.81. The van der Waals surface area contributed by atoms with Crippen LogP contribution in [0.5, 0.6) is 5.75 Å². The second-order valence-electron chi connectivity index (χ2n) is 6.21. The lowest BCUT2D eigenvalue weighted by atomic mass is 10.0. The first-order valence-corrected chi connectivity index (χ1v) is 9.02. The van der Waals surface area contributed by atoms with Gasteiger partial charge in [0.15, 0.2) is 0 Å². The summed E-state index contributed by atoms with van der Waals surface area (Å²) in [6.45, 7) is 7.42. The van der Waals surface area contributed by atoms with Crippen molar-refractivity contribution < 1.29 is 4.74 Å². The Kier molecular flexibility index (Phi) is 7.22. The second-order valence-corrected chi connectivity index (χ2v) is 6.62. The fourth-order valence-corrected chi connectivity index (χ4v) is 2.65.